The maximum absolute atomic E-state index is 13.9. The van der Waals surface area contributed by atoms with E-state index in [1.807, 2.05) is 11.6 Å². The van der Waals surface area contributed by atoms with Crippen molar-refractivity contribution in [3.8, 4) is 16.3 Å². The third kappa shape index (κ3) is 4.59. The topological polar surface area (TPSA) is 93.5 Å². The van der Waals surface area contributed by atoms with Crippen LogP contribution in [0.3, 0.4) is 0 Å². The van der Waals surface area contributed by atoms with Crippen molar-refractivity contribution in [2.24, 2.45) is 0 Å². The Balaban J connectivity index is 1.29. The zero-order chi connectivity index (χ0) is 27.3. The maximum Gasteiger partial charge on any atom is 0.261 e. The first-order valence-corrected chi connectivity index (χ1v) is 13.1. The Hall–Kier alpha value is -4.38. The Bertz CT molecular complexity index is 1590. The molecule has 2 aliphatic heterocycles. The van der Waals surface area contributed by atoms with Crippen molar-refractivity contribution in [2.75, 3.05) is 13.2 Å². The van der Waals surface area contributed by atoms with E-state index in [0.717, 1.165) is 39.9 Å². The van der Waals surface area contributed by atoms with Crippen LogP contribution in [0, 0.1) is 18.6 Å². The van der Waals surface area contributed by atoms with Crippen LogP contribution >= 0.6 is 11.3 Å². The number of nitrogens with one attached hydrogen (secondary N) is 1. The number of aromatic nitrogens is 2. The summed E-state index contributed by atoms with van der Waals surface area (Å²) >= 11 is 1.18. The van der Waals surface area contributed by atoms with Crippen LogP contribution in [-0.2, 0) is 13.0 Å². The fraction of sp³-hybridized carbons (Fsp3) is 0.214. The van der Waals surface area contributed by atoms with Gasteiger partial charge in [0.25, 0.3) is 17.7 Å². The number of hydrogen-bond donors (Lipinski definition) is 1. The molecular weight excluding hydrogens is 526 g/mol. The van der Waals surface area contributed by atoms with Crippen LogP contribution in [-0.4, -0.2) is 51.6 Å². The number of ether oxygens (including phenoxy) is 1. The highest BCUT2D eigenvalue weighted by Gasteiger charge is 2.37. The summed E-state index contributed by atoms with van der Waals surface area (Å²) in [5.41, 5.74) is 3.39. The van der Waals surface area contributed by atoms with Gasteiger partial charge in [0, 0.05) is 12.6 Å². The Morgan fingerprint density at radius 2 is 1.77 bits per heavy atom. The smallest absolute Gasteiger partial charge is 0.261 e. The zero-order valence-electron chi connectivity index (χ0n) is 20.7. The fourth-order valence-corrected chi connectivity index (χ4v) is 5.98. The number of halogens is 2. The lowest BCUT2D eigenvalue weighted by atomic mass is 10.0. The van der Waals surface area contributed by atoms with Crippen molar-refractivity contribution in [3.63, 3.8) is 0 Å². The molecule has 4 aromatic rings. The first-order valence-electron chi connectivity index (χ1n) is 12.3. The lowest BCUT2D eigenvalue weighted by Crippen LogP contribution is -2.46. The van der Waals surface area contributed by atoms with E-state index in [1.165, 1.54) is 11.3 Å². The van der Waals surface area contributed by atoms with Crippen LogP contribution in [0.15, 0.2) is 54.7 Å². The molecule has 6 rings (SSSR count). The summed E-state index contributed by atoms with van der Waals surface area (Å²) in [7, 11) is 0. The molecular formula is C28H22F2N4O4S. The average Bonchev–Trinajstić information content (AvgIpc) is 3.51. The molecule has 2 aromatic heterocycles. The van der Waals surface area contributed by atoms with Crippen LogP contribution in [0.1, 0.15) is 41.5 Å². The molecule has 0 aliphatic carbocycles. The van der Waals surface area contributed by atoms with Gasteiger partial charge in [-0.3, -0.25) is 24.0 Å². The van der Waals surface area contributed by atoms with Gasteiger partial charge in [0.1, 0.15) is 18.2 Å². The van der Waals surface area contributed by atoms with E-state index in [-0.39, 0.29) is 29.7 Å². The molecule has 4 heterocycles. The van der Waals surface area contributed by atoms with Crippen molar-refractivity contribution in [1.29, 1.82) is 0 Å². The van der Waals surface area contributed by atoms with Crippen molar-refractivity contribution < 1.29 is 27.9 Å². The highest BCUT2D eigenvalue weighted by molar-refractivity contribution is 7.16. The van der Waals surface area contributed by atoms with Crippen molar-refractivity contribution in [3.05, 3.63) is 93.5 Å². The summed E-state index contributed by atoms with van der Waals surface area (Å²) in [5.74, 6) is -2.96. The van der Waals surface area contributed by atoms with Crippen LogP contribution in [0.4, 0.5) is 8.78 Å². The van der Waals surface area contributed by atoms with Gasteiger partial charge in [-0.15, -0.1) is 0 Å². The van der Waals surface area contributed by atoms with Gasteiger partial charge < -0.3 is 10.1 Å². The molecule has 1 N–H and O–H groups in total. The van der Waals surface area contributed by atoms with Crippen LogP contribution in [0.25, 0.3) is 11.3 Å². The minimum atomic E-state index is -0.823. The number of thiophene rings is 1. The normalized spacial score (nSPS) is 14.8. The molecule has 198 valence electrons. The van der Waals surface area contributed by atoms with E-state index in [0.29, 0.717) is 23.1 Å². The minimum Gasteiger partial charge on any atom is -0.481 e. The molecule has 0 unspecified atom stereocenters. The molecule has 0 saturated heterocycles. The molecule has 0 saturated carbocycles. The largest absolute Gasteiger partial charge is 0.481 e. The first-order chi connectivity index (χ1) is 18.8. The second-order valence-corrected chi connectivity index (χ2v) is 10.5. The Kier molecular flexibility index (Phi) is 6.22. The second-order valence-electron chi connectivity index (χ2n) is 9.48. The number of imide groups is 1. The molecule has 0 bridgehead atoms. The molecule has 2 aliphatic rings. The number of hydrogen-bond acceptors (Lipinski definition) is 6. The number of rotatable bonds is 6. The van der Waals surface area contributed by atoms with E-state index < -0.39 is 35.4 Å². The van der Waals surface area contributed by atoms with E-state index in [4.69, 9.17) is 4.74 Å². The molecule has 1 atom stereocenters. The number of aryl methyl sites for hydroxylation is 1. The van der Waals surface area contributed by atoms with E-state index in [1.54, 1.807) is 36.5 Å². The first kappa shape index (κ1) is 24.9. The maximum atomic E-state index is 13.9. The third-order valence-electron chi connectivity index (χ3n) is 6.76. The lowest BCUT2D eigenvalue weighted by molar-refractivity contribution is 0.0629. The predicted molar refractivity (Wildman–Crippen MR) is 139 cm³/mol. The van der Waals surface area contributed by atoms with E-state index in [2.05, 4.69) is 10.4 Å². The number of amides is 3. The Labute approximate surface area is 225 Å². The van der Waals surface area contributed by atoms with Crippen LogP contribution in [0.5, 0.6) is 5.06 Å². The van der Waals surface area contributed by atoms with Gasteiger partial charge in [0.2, 0.25) is 0 Å². The number of fused-ring (bicyclic) bond motifs is 4. The molecule has 0 spiro atoms. The van der Waals surface area contributed by atoms with Gasteiger partial charge in [-0.05, 0) is 54.8 Å². The molecule has 0 fully saturated rings. The summed E-state index contributed by atoms with van der Waals surface area (Å²) in [4.78, 5) is 40.9. The zero-order valence-corrected chi connectivity index (χ0v) is 21.6. The molecule has 0 radical (unpaired) electrons. The molecule has 39 heavy (non-hydrogen) atoms. The minimum absolute atomic E-state index is 0.0126. The summed E-state index contributed by atoms with van der Waals surface area (Å²) < 4.78 is 35.6. The molecule has 8 nitrogen and oxygen atoms in total. The highest BCUT2D eigenvalue weighted by Crippen LogP contribution is 2.41. The summed E-state index contributed by atoms with van der Waals surface area (Å²) in [5, 5.41) is 7.84. The van der Waals surface area contributed by atoms with Crippen molar-refractivity contribution in [2.45, 2.75) is 25.9 Å². The Morgan fingerprint density at radius 3 is 2.46 bits per heavy atom. The highest BCUT2D eigenvalue weighted by atomic mass is 32.1. The van der Waals surface area contributed by atoms with Gasteiger partial charge in [0.05, 0.1) is 46.0 Å². The van der Waals surface area contributed by atoms with Crippen molar-refractivity contribution in [1.82, 2.24) is 20.0 Å². The van der Waals surface area contributed by atoms with Gasteiger partial charge >= 0.3 is 0 Å². The second kappa shape index (κ2) is 9.73. The standard InChI is InChI=1S/C28H22F2N4O4S/c1-15-13-31-34-6-7-38-28-22(24(15)34)12-23(39-28)25(35)32-19(10-16-8-17(29)11-18(30)9-16)14-33-26(36)20-4-2-3-5-21(20)27(33)37/h2-5,8-9,11-13,19H,6-7,10,14H2,1H3,(H,32,35)/t19-/m0/s1. The monoisotopic (exact) mass is 548 g/mol. The van der Waals surface area contributed by atoms with Crippen LogP contribution < -0.4 is 10.1 Å². The number of benzene rings is 2. The number of carbonyl (C=O) groups is 3. The van der Waals surface area contributed by atoms with Crippen LogP contribution in [0.2, 0.25) is 0 Å². The average molecular weight is 549 g/mol. The summed E-state index contributed by atoms with van der Waals surface area (Å²) in [6, 6.07) is 10.4. The molecule has 3 amide bonds. The quantitative estimate of drug-likeness (QED) is 0.364. The predicted octanol–water partition coefficient (Wildman–Crippen LogP) is 4.23. The number of nitrogens with zero attached hydrogens (tertiary/aromatic N) is 3. The molecule has 2 aromatic carbocycles. The summed E-state index contributed by atoms with van der Waals surface area (Å²) in [6.45, 7) is 2.74. The van der Waals surface area contributed by atoms with E-state index >= 15 is 0 Å². The van der Waals surface area contributed by atoms with Gasteiger partial charge in [0.15, 0.2) is 5.06 Å². The van der Waals surface area contributed by atoms with E-state index in [9.17, 15) is 23.2 Å². The fourth-order valence-electron chi connectivity index (χ4n) is 5.04. The van der Waals surface area contributed by atoms with Crippen molar-refractivity contribution >= 4 is 29.1 Å². The summed E-state index contributed by atoms with van der Waals surface area (Å²) in [6.07, 6.45) is 1.75. The molecule has 11 heteroatoms. The van der Waals surface area contributed by atoms with Gasteiger partial charge in [-0.2, -0.15) is 5.10 Å². The number of carbonyl (C=O) groups excluding carboxylic acids is 3. The van der Waals surface area contributed by atoms with Gasteiger partial charge in [-0.1, -0.05) is 23.5 Å². The third-order valence-corrected chi connectivity index (χ3v) is 7.80. The lowest BCUT2D eigenvalue weighted by Gasteiger charge is -2.24. The SMILES string of the molecule is Cc1cnn2c1-c1cc(C(=O)N[C@@H](Cc3cc(F)cc(F)c3)CN3C(=O)c4ccccc4C3=O)sc1OCC2. The Morgan fingerprint density at radius 1 is 1.08 bits per heavy atom. The van der Waals surface area contributed by atoms with Gasteiger partial charge in [-0.25, -0.2) is 8.78 Å².